The summed E-state index contributed by atoms with van der Waals surface area (Å²) in [5.41, 5.74) is 0.380. The van der Waals surface area contributed by atoms with Crippen LogP contribution in [-0.2, 0) is 4.79 Å². The summed E-state index contributed by atoms with van der Waals surface area (Å²) in [7, 11) is 0. The van der Waals surface area contributed by atoms with Crippen molar-refractivity contribution < 1.29 is 14.7 Å². The van der Waals surface area contributed by atoms with Gasteiger partial charge in [-0.05, 0) is 58.4 Å². The molecule has 0 N–H and O–H groups in total. The average molecular weight is 278 g/mol. The SMILES string of the molecule is CC(C)(C)N(C(=O)[O-])C1CCCC1C(=O)C1=CCCC1. The zero-order valence-electron chi connectivity index (χ0n) is 12.6. The van der Waals surface area contributed by atoms with Crippen LogP contribution in [0.4, 0.5) is 4.79 Å². The number of carbonyl (C=O) groups is 2. The van der Waals surface area contributed by atoms with Gasteiger partial charge in [0.25, 0.3) is 0 Å². The Hall–Kier alpha value is -1.32. The summed E-state index contributed by atoms with van der Waals surface area (Å²) < 4.78 is 0. The molecule has 2 unspecified atom stereocenters. The van der Waals surface area contributed by atoms with Crippen LogP contribution in [0.2, 0.25) is 0 Å². The molecule has 20 heavy (non-hydrogen) atoms. The number of Topliss-reactive ketones (excluding diaryl/α,β-unsaturated/α-hetero) is 1. The Kier molecular flexibility index (Phi) is 4.21. The van der Waals surface area contributed by atoms with Crippen molar-refractivity contribution in [1.82, 2.24) is 4.90 Å². The van der Waals surface area contributed by atoms with Crippen LogP contribution in [0.25, 0.3) is 0 Å². The molecular formula is C16H24NO3-. The number of amides is 1. The highest BCUT2D eigenvalue weighted by Crippen LogP contribution is 2.37. The van der Waals surface area contributed by atoms with E-state index in [2.05, 4.69) is 0 Å². The van der Waals surface area contributed by atoms with Crippen molar-refractivity contribution in [2.75, 3.05) is 0 Å². The van der Waals surface area contributed by atoms with Crippen molar-refractivity contribution in [2.24, 2.45) is 5.92 Å². The Balaban J connectivity index is 2.21. The molecule has 0 spiro atoms. The number of carboxylic acid groups (broad SMARTS) is 1. The molecule has 1 fully saturated rings. The molecule has 4 nitrogen and oxygen atoms in total. The summed E-state index contributed by atoms with van der Waals surface area (Å²) in [6.45, 7) is 5.58. The highest BCUT2D eigenvalue weighted by molar-refractivity contribution is 5.98. The van der Waals surface area contributed by atoms with E-state index in [9.17, 15) is 14.7 Å². The number of carbonyl (C=O) groups excluding carboxylic acids is 2. The smallest absolute Gasteiger partial charge is 0.163 e. The minimum absolute atomic E-state index is 0.167. The van der Waals surface area contributed by atoms with Crippen LogP contribution in [0.1, 0.15) is 59.3 Å². The summed E-state index contributed by atoms with van der Waals surface area (Å²) in [5.74, 6) is -0.0167. The number of hydrogen-bond acceptors (Lipinski definition) is 3. The number of rotatable bonds is 3. The zero-order valence-corrected chi connectivity index (χ0v) is 12.6. The fraction of sp³-hybridized carbons (Fsp3) is 0.750. The lowest BCUT2D eigenvalue weighted by molar-refractivity contribution is -0.274. The van der Waals surface area contributed by atoms with Crippen LogP contribution in [0, 0.1) is 5.92 Å². The topological polar surface area (TPSA) is 60.4 Å². The van der Waals surface area contributed by atoms with Crippen molar-refractivity contribution in [2.45, 2.75) is 70.9 Å². The Bertz CT molecular complexity index is 433. The first kappa shape index (κ1) is 15.1. The second kappa shape index (κ2) is 5.58. The Morgan fingerprint density at radius 1 is 1.25 bits per heavy atom. The van der Waals surface area contributed by atoms with Crippen molar-refractivity contribution in [1.29, 1.82) is 0 Å². The maximum Gasteiger partial charge on any atom is 0.163 e. The molecule has 0 heterocycles. The van der Waals surface area contributed by atoms with Crippen molar-refractivity contribution in [3.05, 3.63) is 11.6 Å². The fourth-order valence-electron chi connectivity index (χ4n) is 3.59. The molecule has 2 aliphatic carbocycles. The van der Waals surface area contributed by atoms with Crippen LogP contribution in [0.3, 0.4) is 0 Å². The first-order valence-electron chi connectivity index (χ1n) is 7.56. The summed E-state index contributed by atoms with van der Waals surface area (Å²) in [6.07, 6.45) is 6.19. The number of hydrogen-bond donors (Lipinski definition) is 0. The van der Waals surface area contributed by atoms with Crippen LogP contribution < -0.4 is 5.11 Å². The van der Waals surface area contributed by atoms with Gasteiger partial charge in [0.05, 0.1) is 0 Å². The van der Waals surface area contributed by atoms with E-state index in [0.717, 1.165) is 44.1 Å². The van der Waals surface area contributed by atoms with Gasteiger partial charge < -0.3 is 14.8 Å². The van der Waals surface area contributed by atoms with Crippen molar-refractivity contribution in [3.63, 3.8) is 0 Å². The van der Waals surface area contributed by atoms with Gasteiger partial charge in [0.1, 0.15) is 6.09 Å². The van der Waals surface area contributed by atoms with Gasteiger partial charge in [-0.25, -0.2) is 0 Å². The molecule has 2 atom stereocenters. The average Bonchev–Trinajstić information content (AvgIpc) is 2.96. The lowest BCUT2D eigenvalue weighted by Gasteiger charge is -2.44. The minimum atomic E-state index is -1.16. The van der Waals surface area contributed by atoms with E-state index >= 15 is 0 Å². The van der Waals surface area contributed by atoms with Crippen LogP contribution in [0.15, 0.2) is 11.6 Å². The van der Waals surface area contributed by atoms with Gasteiger partial charge in [0.2, 0.25) is 0 Å². The summed E-state index contributed by atoms with van der Waals surface area (Å²) in [6, 6.07) is -0.228. The maximum absolute atomic E-state index is 12.6. The summed E-state index contributed by atoms with van der Waals surface area (Å²) in [4.78, 5) is 25.5. The monoisotopic (exact) mass is 278 g/mol. The number of ketones is 1. The Morgan fingerprint density at radius 3 is 2.45 bits per heavy atom. The largest absolute Gasteiger partial charge is 0.530 e. The van der Waals surface area contributed by atoms with Gasteiger partial charge in [-0.3, -0.25) is 4.79 Å². The molecular weight excluding hydrogens is 254 g/mol. The van der Waals surface area contributed by atoms with Gasteiger partial charge in [-0.15, -0.1) is 0 Å². The van der Waals surface area contributed by atoms with E-state index in [0.29, 0.717) is 0 Å². The lowest BCUT2D eigenvalue weighted by atomic mass is 9.89. The molecule has 0 radical (unpaired) electrons. The molecule has 1 amide bonds. The lowest BCUT2D eigenvalue weighted by Crippen LogP contribution is -2.58. The van der Waals surface area contributed by atoms with E-state index in [1.54, 1.807) is 0 Å². The molecule has 0 bridgehead atoms. The third kappa shape index (κ3) is 2.89. The molecule has 0 aromatic heterocycles. The molecule has 0 aromatic rings. The predicted molar refractivity (Wildman–Crippen MR) is 75.1 cm³/mol. The third-order valence-electron chi connectivity index (χ3n) is 4.42. The highest BCUT2D eigenvalue weighted by Gasteiger charge is 2.41. The first-order valence-corrected chi connectivity index (χ1v) is 7.56. The molecule has 112 valence electrons. The fourth-order valence-corrected chi connectivity index (χ4v) is 3.59. The zero-order chi connectivity index (χ0) is 14.9. The van der Waals surface area contributed by atoms with Crippen molar-refractivity contribution in [3.8, 4) is 0 Å². The second-order valence-electron chi connectivity index (χ2n) is 6.90. The van der Waals surface area contributed by atoms with E-state index in [1.165, 1.54) is 4.90 Å². The normalized spacial score (nSPS) is 26.4. The van der Waals surface area contributed by atoms with Gasteiger partial charge in [-0.1, -0.05) is 12.5 Å². The van der Waals surface area contributed by atoms with E-state index in [-0.39, 0.29) is 17.7 Å². The second-order valence-corrected chi connectivity index (χ2v) is 6.90. The van der Waals surface area contributed by atoms with E-state index in [4.69, 9.17) is 0 Å². The summed E-state index contributed by atoms with van der Waals surface area (Å²) >= 11 is 0. The minimum Gasteiger partial charge on any atom is -0.530 e. The molecule has 2 rings (SSSR count). The van der Waals surface area contributed by atoms with Gasteiger partial charge in [0.15, 0.2) is 5.78 Å². The highest BCUT2D eigenvalue weighted by atomic mass is 16.4. The van der Waals surface area contributed by atoms with Crippen molar-refractivity contribution >= 4 is 11.9 Å². The predicted octanol–water partition coefficient (Wildman–Crippen LogP) is 2.28. The van der Waals surface area contributed by atoms with Crippen LogP contribution in [-0.4, -0.2) is 28.4 Å². The molecule has 2 aliphatic rings. The van der Waals surface area contributed by atoms with Crippen LogP contribution >= 0.6 is 0 Å². The maximum atomic E-state index is 12.6. The first-order chi connectivity index (χ1) is 9.32. The summed E-state index contributed by atoms with van der Waals surface area (Å²) in [5, 5.41) is 11.5. The molecule has 0 aromatic carbocycles. The number of nitrogens with zero attached hydrogens (tertiary/aromatic N) is 1. The Morgan fingerprint density at radius 2 is 1.95 bits per heavy atom. The third-order valence-corrected chi connectivity index (χ3v) is 4.42. The van der Waals surface area contributed by atoms with Gasteiger partial charge in [-0.2, -0.15) is 0 Å². The van der Waals surface area contributed by atoms with E-state index < -0.39 is 11.6 Å². The molecule has 0 saturated heterocycles. The standard InChI is InChI=1S/C16H25NO3/c1-16(2,3)17(15(19)20)13-10-6-9-12(13)14(18)11-7-4-5-8-11/h7,12-13H,4-6,8-10H2,1-3H3,(H,19,20)/p-1. The molecule has 1 saturated carbocycles. The van der Waals surface area contributed by atoms with Crippen LogP contribution in [0.5, 0.6) is 0 Å². The quantitative estimate of drug-likeness (QED) is 0.795. The molecule has 0 aliphatic heterocycles. The number of allylic oxidation sites excluding steroid dienone is 2. The van der Waals surface area contributed by atoms with Gasteiger partial charge in [0, 0.05) is 17.5 Å². The van der Waals surface area contributed by atoms with Gasteiger partial charge >= 0.3 is 0 Å². The Labute approximate surface area is 120 Å². The molecule has 4 heteroatoms. The van der Waals surface area contributed by atoms with E-state index in [1.807, 2.05) is 26.8 Å².